The molecule has 1 atom stereocenters. The predicted molar refractivity (Wildman–Crippen MR) is 202 cm³/mol. The van der Waals surface area contributed by atoms with Crippen molar-refractivity contribution in [1.29, 1.82) is 0 Å². The van der Waals surface area contributed by atoms with Crippen LogP contribution in [-0.4, -0.2) is 37.2 Å². The van der Waals surface area contributed by atoms with Gasteiger partial charge in [-0.05, 0) is 116 Å². The molecule has 7 rings (SSSR count). The summed E-state index contributed by atoms with van der Waals surface area (Å²) in [5, 5.41) is 0. The average Bonchev–Trinajstić information content (AvgIpc) is 3.12. The van der Waals surface area contributed by atoms with Crippen molar-refractivity contribution in [2.75, 3.05) is 22.9 Å². The van der Waals surface area contributed by atoms with Crippen LogP contribution in [0, 0.1) is 11.7 Å². The van der Waals surface area contributed by atoms with E-state index in [9.17, 15) is 14.0 Å². The molecule has 0 aromatic heterocycles. The number of aryl methyl sites for hydroxylation is 1. The summed E-state index contributed by atoms with van der Waals surface area (Å²) in [5.41, 5.74) is 8.75. The monoisotopic (exact) mass is 704 g/mol. The maximum absolute atomic E-state index is 14.9. The van der Waals surface area contributed by atoms with Crippen LogP contribution in [0.4, 0.5) is 15.8 Å². The van der Waals surface area contributed by atoms with Gasteiger partial charge in [-0.1, -0.05) is 49.4 Å². The lowest BCUT2D eigenvalue weighted by molar-refractivity contribution is -0.162. The second-order valence-electron chi connectivity index (χ2n) is 14.9. The molecule has 0 N–H and O–H groups in total. The third kappa shape index (κ3) is 8.60. The lowest BCUT2D eigenvalue weighted by Gasteiger charge is -2.32. The van der Waals surface area contributed by atoms with E-state index in [2.05, 4.69) is 52.3 Å². The number of rotatable bonds is 12. The van der Waals surface area contributed by atoms with E-state index in [1.807, 2.05) is 38.1 Å². The Morgan fingerprint density at radius 3 is 2.23 bits per heavy atom. The Morgan fingerprint density at radius 2 is 1.50 bits per heavy atom. The first-order valence-electron chi connectivity index (χ1n) is 18.9. The minimum absolute atomic E-state index is 0.130. The first kappa shape index (κ1) is 35.5. The van der Waals surface area contributed by atoms with Gasteiger partial charge in [0.05, 0.1) is 30.2 Å². The van der Waals surface area contributed by atoms with Gasteiger partial charge in [-0.3, -0.25) is 9.59 Å². The summed E-state index contributed by atoms with van der Waals surface area (Å²) in [6.07, 6.45) is 6.52. The molecule has 2 heterocycles. The van der Waals surface area contributed by atoms with Crippen LogP contribution in [0.1, 0.15) is 79.8 Å². The second kappa shape index (κ2) is 15.8. The van der Waals surface area contributed by atoms with Gasteiger partial charge in [-0.15, -0.1) is 0 Å². The Hall–Kier alpha value is -4.85. The Morgan fingerprint density at radius 1 is 0.788 bits per heavy atom. The van der Waals surface area contributed by atoms with Crippen molar-refractivity contribution in [1.82, 2.24) is 0 Å². The highest BCUT2D eigenvalue weighted by Gasteiger charge is 2.25. The molecule has 1 aliphatic carbocycles. The number of halogens is 1. The number of carbonyl (C=O) groups excluding carboxylic acids is 2. The third-order valence-corrected chi connectivity index (χ3v) is 10.5. The maximum atomic E-state index is 14.9. The summed E-state index contributed by atoms with van der Waals surface area (Å²) in [7, 11) is 0. The highest BCUT2D eigenvalue weighted by atomic mass is 19.1. The molecule has 0 spiro atoms. The molecule has 1 unspecified atom stereocenters. The molecule has 8 heteroatoms. The number of hydrogen-bond donors (Lipinski definition) is 0. The largest absolute Gasteiger partial charge is 0.491 e. The first-order chi connectivity index (χ1) is 25.2. The van der Waals surface area contributed by atoms with Gasteiger partial charge in [0.15, 0.2) is 0 Å². The molecule has 0 saturated heterocycles. The van der Waals surface area contributed by atoms with Crippen molar-refractivity contribution in [3.05, 3.63) is 118 Å². The van der Waals surface area contributed by atoms with Crippen molar-refractivity contribution in [3.8, 4) is 11.5 Å². The van der Waals surface area contributed by atoms with Crippen LogP contribution in [0.25, 0.3) is 0 Å². The lowest BCUT2D eigenvalue weighted by atomic mass is 9.93. The summed E-state index contributed by atoms with van der Waals surface area (Å²) in [5.74, 6) is -0.0899. The number of esters is 2. The summed E-state index contributed by atoms with van der Waals surface area (Å²) >= 11 is 0. The summed E-state index contributed by atoms with van der Waals surface area (Å²) in [6, 6.07) is 26.0. The van der Waals surface area contributed by atoms with Crippen molar-refractivity contribution in [2.24, 2.45) is 5.92 Å². The topological polar surface area (TPSA) is 68.3 Å². The fraction of sp³-hybridized carbons (Fsp3) is 0.409. The van der Waals surface area contributed by atoms with E-state index >= 15 is 0 Å². The van der Waals surface area contributed by atoms with Crippen LogP contribution in [-0.2, 0) is 53.1 Å². The summed E-state index contributed by atoms with van der Waals surface area (Å²) in [4.78, 5) is 30.1. The Kier molecular flexibility index (Phi) is 10.8. The third-order valence-electron chi connectivity index (χ3n) is 10.5. The van der Waals surface area contributed by atoms with Crippen LogP contribution in [0.5, 0.6) is 11.5 Å². The Labute approximate surface area is 306 Å². The van der Waals surface area contributed by atoms with E-state index in [1.165, 1.54) is 29.2 Å². The fourth-order valence-electron chi connectivity index (χ4n) is 7.38. The van der Waals surface area contributed by atoms with Gasteiger partial charge < -0.3 is 24.0 Å². The van der Waals surface area contributed by atoms with E-state index in [0.717, 1.165) is 72.6 Å². The molecule has 0 radical (unpaired) electrons. The Balaban J connectivity index is 0.876. The molecule has 1 saturated carbocycles. The van der Waals surface area contributed by atoms with Crippen LogP contribution in [0.15, 0.2) is 78.9 Å². The van der Waals surface area contributed by atoms with Crippen molar-refractivity contribution in [3.63, 3.8) is 0 Å². The van der Waals surface area contributed by atoms with Crippen molar-refractivity contribution >= 4 is 23.3 Å². The van der Waals surface area contributed by atoms with Gasteiger partial charge in [-0.2, -0.15) is 0 Å². The highest BCUT2D eigenvalue weighted by molar-refractivity contribution is 5.86. The molecule has 0 bridgehead atoms. The van der Waals surface area contributed by atoms with Gasteiger partial charge in [-0.25, -0.2) is 4.39 Å². The minimum atomic E-state index is -0.498. The van der Waals surface area contributed by atoms with Crippen LogP contribution < -0.4 is 19.3 Å². The quantitative estimate of drug-likeness (QED) is 0.108. The predicted octanol–water partition coefficient (Wildman–Crippen LogP) is 8.55. The number of fused-ring (bicyclic) bond motifs is 2. The average molecular weight is 705 g/mol. The molecule has 2 aliphatic heterocycles. The molecule has 272 valence electrons. The van der Waals surface area contributed by atoms with E-state index in [-0.39, 0.29) is 24.4 Å². The summed E-state index contributed by atoms with van der Waals surface area (Å²) in [6.45, 7) is 8.90. The van der Waals surface area contributed by atoms with E-state index in [1.54, 1.807) is 13.0 Å². The molecule has 7 nitrogen and oxygen atoms in total. The Bertz CT molecular complexity index is 1920. The fourth-order valence-corrected chi connectivity index (χ4v) is 7.38. The van der Waals surface area contributed by atoms with Crippen LogP contribution in [0.3, 0.4) is 0 Å². The molecule has 1 fully saturated rings. The number of carbonyl (C=O) groups is 2. The molecular weight excluding hydrogens is 655 g/mol. The molecule has 4 aromatic rings. The molecule has 3 aliphatic rings. The molecule has 52 heavy (non-hydrogen) atoms. The smallest absolute Gasteiger partial charge is 0.316 e. The maximum Gasteiger partial charge on any atom is 0.316 e. The number of benzene rings is 4. The number of nitrogens with zero attached hydrogens (tertiary/aromatic N) is 2. The zero-order valence-electron chi connectivity index (χ0n) is 30.5. The van der Waals surface area contributed by atoms with Gasteiger partial charge >= 0.3 is 11.9 Å². The van der Waals surface area contributed by atoms with Gasteiger partial charge in [0.2, 0.25) is 0 Å². The zero-order chi connectivity index (χ0) is 36.2. The molecular formula is C44H49FN2O5. The summed E-state index contributed by atoms with van der Waals surface area (Å²) < 4.78 is 32.1. The highest BCUT2D eigenvalue weighted by Crippen LogP contribution is 2.33. The number of ether oxygens (including phenoxy) is 3. The van der Waals surface area contributed by atoms with Crippen molar-refractivity contribution < 1.29 is 28.2 Å². The van der Waals surface area contributed by atoms with E-state index in [0.29, 0.717) is 31.6 Å². The first-order valence-corrected chi connectivity index (χ1v) is 18.9. The standard InChI is InChI=1S/C44H49FN2O5/c1-29(2)50-39-9-4-6-37(25-39)46-20-18-33-23-31(10-13-35(33)27-46)12-17-43(48)52-44(49)30(3)22-32-11-14-36-28-47(21-19-34(36)24-32)42-26-40(15-16-41(42)45)51-38-7-5-8-38/h4,6,9-11,13-16,23-26,29-30,38H,5,7-8,12,17-22,27-28H2,1-3H3. The van der Waals surface area contributed by atoms with Crippen LogP contribution >= 0.6 is 0 Å². The second-order valence-corrected chi connectivity index (χ2v) is 14.9. The van der Waals surface area contributed by atoms with E-state index < -0.39 is 17.9 Å². The zero-order valence-corrected chi connectivity index (χ0v) is 30.5. The number of hydrogen-bond acceptors (Lipinski definition) is 7. The van der Waals surface area contributed by atoms with Crippen LogP contribution in [0.2, 0.25) is 0 Å². The SMILES string of the molecule is CC(C)Oc1cccc(N2CCc3cc(CCC(=O)OC(=O)C(C)Cc4ccc5c(c4)CCN(c4cc(OC6CCC6)ccc4F)C5)ccc3C2)c1. The molecule has 4 aromatic carbocycles. The molecule has 0 amide bonds. The van der Waals surface area contributed by atoms with E-state index in [4.69, 9.17) is 14.2 Å². The van der Waals surface area contributed by atoms with Crippen molar-refractivity contribution in [2.45, 2.75) is 97.4 Å². The number of anilines is 2. The minimum Gasteiger partial charge on any atom is -0.491 e. The van der Waals surface area contributed by atoms with Gasteiger partial charge in [0, 0.05) is 44.0 Å². The van der Waals surface area contributed by atoms with Gasteiger partial charge in [0.25, 0.3) is 0 Å². The normalized spacial score (nSPS) is 16.1. The lowest BCUT2D eigenvalue weighted by Crippen LogP contribution is -2.31. The van der Waals surface area contributed by atoms with Gasteiger partial charge in [0.1, 0.15) is 17.3 Å².